The highest BCUT2D eigenvalue weighted by Crippen LogP contribution is 2.29. The minimum absolute atomic E-state index is 0.601. The monoisotopic (exact) mass is 437 g/mol. The van der Waals surface area contributed by atoms with Crippen LogP contribution in [0.4, 0.5) is 0 Å². The summed E-state index contributed by atoms with van der Waals surface area (Å²) in [6.45, 7) is 4.01. The Morgan fingerprint density at radius 1 is 1.03 bits per heavy atom. The largest absolute Gasteiger partial charge is 0.492 e. The van der Waals surface area contributed by atoms with E-state index in [2.05, 4.69) is 27.9 Å². The van der Waals surface area contributed by atoms with Crippen molar-refractivity contribution in [2.24, 2.45) is 0 Å². The van der Waals surface area contributed by atoms with Gasteiger partial charge < -0.3 is 14.5 Å². The van der Waals surface area contributed by atoms with E-state index >= 15 is 0 Å². The second-order valence-electron chi connectivity index (χ2n) is 7.95. The smallest absolute Gasteiger partial charge is 0.186 e. The minimum Gasteiger partial charge on any atom is -0.492 e. The molecular weight excluding hydrogens is 413 g/mol. The fourth-order valence-electron chi connectivity index (χ4n) is 3.70. The van der Waals surface area contributed by atoms with Gasteiger partial charge in [0.15, 0.2) is 13.6 Å². The van der Waals surface area contributed by atoms with Gasteiger partial charge in [-0.05, 0) is 43.3 Å². The van der Waals surface area contributed by atoms with Crippen LogP contribution in [0, 0.1) is 6.92 Å². The number of hydrogen-bond acceptors (Lipinski definition) is 6. The van der Waals surface area contributed by atoms with Crippen molar-refractivity contribution < 1.29 is 4.74 Å². The van der Waals surface area contributed by atoms with E-state index in [0.717, 1.165) is 52.1 Å². The van der Waals surface area contributed by atoms with Gasteiger partial charge in [-0.15, -0.1) is 0 Å². The summed E-state index contributed by atoms with van der Waals surface area (Å²) < 4.78 is 7.59. The lowest BCUT2D eigenvalue weighted by molar-refractivity contribution is 0.273. The normalized spacial score (nSPS) is 11.3. The first-order valence-corrected chi connectivity index (χ1v) is 10.8. The molecule has 33 heavy (non-hydrogen) atoms. The van der Waals surface area contributed by atoms with Gasteiger partial charge in [0, 0.05) is 30.5 Å². The molecule has 0 unspecified atom stereocenters. The Kier molecular flexibility index (Phi) is 5.86. The first-order chi connectivity index (χ1) is 16.2. The number of fused-ring (bicyclic) bond motifs is 1. The number of nitrogens with one attached hydrogen (secondary N) is 1. The molecule has 0 aliphatic rings. The predicted molar refractivity (Wildman–Crippen MR) is 129 cm³/mol. The number of aromatic amines is 1. The van der Waals surface area contributed by atoms with E-state index in [1.165, 1.54) is 0 Å². The zero-order chi connectivity index (χ0) is 22.6. The van der Waals surface area contributed by atoms with Gasteiger partial charge in [-0.3, -0.25) is 4.98 Å². The Morgan fingerprint density at radius 3 is 2.76 bits per heavy atom. The maximum absolute atomic E-state index is 5.83. The maximum Gasteiger partial charge on any atom is 0.186 e. The molecule has 0 amide bonds. The molecule has 164 valence electrons. The van der Waals surface area contributed by atoms with Crippen molar-refractivity contribution in [2.45, 2.75) is 13.5 Å². The van der Waals surface area contributed by atoms with Crippen LogP contribution in [0.15, 0.2) is 73.2 Å². The van der Waals surface area contributed by atoms with Gasteiger partial charge in [0.1, 0.15) is 23.6 Å². The molecule has 9 heteroatoms. The van der Waals surface area contributed by atoms with Crippen LogP contribution in [0.5, 0.6) is 5.75 Å². The Balaban J connectivity index is 1.39. The fourth-order valence-corrected chi connectivity index (χ4v) is 3.70. The van der Waals surface area contributed by atoms with E-state index in [4.69, 9.17) is 14.7 Å². The minimum atomic E-state index is 0.601. The van der Waals surface area contributed by atoms with Gasteiger partial charge >= 0.3 is 0 Å². The van der Waals surface area contributed by atoms with Crippen molar-refractivity contribution in [3.63, 3.8) is 0 Å². The number of ether oxygens (including phenoxy) is 1. The van der Waals surface area contributed by atoms with Crippen LogP contribution >= 0.6 is 0 Å². The zero-order valence-corrected chi connectivity index (χ0v) is 18.6. The standard InChI is InChI=1S/C24H24BN7O/c1-17-6-5-9-20(28-17)24-23(18-10-11-22-26-16-27-32(22)14-18)29-21(30-24)15-31(25)12-13-33-19-7-3-2-4-8-19/h2-11,14,16H,12-13,15,25H2,1H3,(H,29,30). The molecule has 0 radical (unpaired) electrons. The third-order valence-corrected chi connectivity index (χ3v) is 5.35. The summed E-state index contributed by atoms with van der Waals surface area (Å²) in [5.74, 6) is 1.74. The number of hydrogen-bond donors (Lipinski definition) is 1. The number of para-hydroxylation sites is 1. The molecule has 4 aromatic heterocycles. The molecule has 5 rings (SSSR count). The predicted octanol–water partition coefficient (Wildman–Crippen LogP) is 2.92. The number of aryl methyl sites for hydroxylation is 1. The number of nitrogens with zero attached hydrogens (tertiary/aromatic N) is 6. The quantitative estimate of drug-likeness (QED) is 0.376. The third kappa shape index (κ3) is 4.78. The molecule has 0 atom stereocenters. The van der Waals surface area contributed by atoms with Crippen LogP contribution in [0.25, 0.3) is 28.3 Å². The van der Waals surface area contributed by atoms with E-state index < -0.39 is 0 Å². The highest BCUT2D eigenvalue weighted by molar-refractivity contribution is 6.04. The molecule has 1 N–H and O–H groups in total. The second kappa shape index (κ2) is 9.26. The molecule has 0 fully saturated rings. The molecule has 0 aliphatic carbocycles. The summed E-state index contributed by atoms with van der Waals surface area (Å²) in [6.07, 6.45) is 3.50. The van der Waals surface area contributed by atoms with Crippen molar-refractivity contribution in [1.29, 1.82) is 0 Å². The molecule has 8 nitrogen and oxygen atoms in total. The van der Waals surface area contributed by atoms with Crippen molar-refractivity contribution in [1.82, 2.24) is 34.4 Å². The molecular formula is C24H24BN7O. The van der Waals surface area contributed by atoms with E-state index in [0.29, 0.717) is 13.2 Å². The van der Waals surface area contributed by atoms with Crippen LogP contribution in [0.3, 0.4) is 0 Å². The molecule has 0 saturated carbocycles. The van der Waals surface area contributed by atoms with E-state index in [9.17, 15) is 0 Å². The highest BCUT2D eigenvalue weighted by Gasteiger charge is 2.17. The van der Waals surface area contributed by atoms with Crippen molar-refractivity contribution in [3.8, 4) is 28.4 Å². The van der Waals surface area contributed by atoms with Crippen LogP contribution in [0.1, 0.15) is 11.5 Å². The molecule has 1 aromatic carbocycles. The Morgan fingerprint density at radius 2 is 1.91 bits per heavy atom. The number of aromatic nitrogens is 6. The third-order valence-electron chi connectivity index (χ3n) is 5.35. The molecule has 4 heterocycles. The molecule has 0 aliphatic heterocycles. The zero-order valence-electron chi connectivity index (χ0n) is 18.6. The van der Waals surface area contributed by atoms with Gasteiger partial charge in [0.25, 0.3) is 0 Å². The van der Waals surface area contributed by atoms with Gasteiger partial charge in [-0.1, -0.05) is 24.3 Å². The highest BCUT2D eigenvalue weighted by atomic mass is 16.5. The first kappa shape index (κ1) is 20.9. The number of pyridine rings is 2. The lowest BCUT2D eigenvalue weighted by atomic mass is 10.1. The Bertz CT molecular complexity index is 1370. The number of imidazole rings is 1. The second-order valence-corrected chi connectivity index (χ2v) is 7.95. The summed E-state index contributed by atoms with van der Waals surface area (Å²) >= 11 is 0. The topological polar surface area (TPSA) is 84.2 Å². The van der Waals surface area contributed by atoms with Crippen molar-refractivity contribution in [2.75, 3.05) is 13.2 Å². The van der Waals surface area contributed by atoms with Crippen molar-refractivity contribution in [3.05, 3.63) is 84.7 Å². The van der Waals surface area contributed by atoms with Gasteiger partial charge in [0.2, 0.25) is 0 Å². The van der Waals surface area contributed by atoms with E-state index in [-0.39, 0.29) is 0 Å². The van der Waals surface area contributed by atoms with Gasteiger partial charge in [0.05, 0.1) is 18.0 Å². The van der Waals surface area contributed by atoms with E-state index in [1.54, 1.807) is 10.8 Å². The lowest BCUT2D eigenvalue weighted by Crippen LogP contribution is -2.25. The fraction of sp³-hybridized carbons (Fsp3) is 0.167. The summed E-state index contributed by atoms with van der Waals surface area (Å²) in [7, 11) is 2.06. The summed E-state index contributed by atoms with van der Waals surface area (Å²) in [5, 5.41) is 4.27. The van der Waals surface area contributed by atoms with Crippen LogP contribution < -0.4 is 4.74 Å². The number of benzene rings is 1. The van der Waals surface area contributed by atoms with E-state index in [1.807, 2.05) is 73.8 Å². The van der Waals surface area contributed by atoms with Crippen LogP contribution in [-0.2, 0) is 6.54 Å². The molecule has 0 saturated heterocycles. The van der Waals surface area contributed by atoms with Crippen LogP contribution in [0.2, 0.25) is 0 Å². The van der Waals surface area contributed by atoms with Crippen molar-refractivity contribution >= 4 is 13.6 Å². The van der Waals surface area contributed by atoms with Gasteiger partial charge in [-0.2, -0.15) is 5.10 Å². The summed E-state index contributed by atoms with van der Waals surface area (Å²) in [4.78, 5) is 19.6. The Hall–Kier alpha value is -3.98. The number of H-pyrrole nitrogens is 1. The SMILES string of the molecule is BN(CCOc1ccccc1)Cc1nc(-c2cccc(C)n2)c(-c2ccc3ncnn3c2)[nH]1. The lowest BCUT2D eigenvalue weighted by Gasteiger charge is -2.16. The molecule has 0 spiro atoms. The molecule has 0 bridgehead atoms. The summed E-state index contributed by atoms with van der Waals surface area (Å²) in [5.41, 5.74) is 5.29. The average molecular weight is 437 g/mol. The maximum atomic E-state index is 5.83. The van der Waals surface area contributed by atoms with Crippen LogP contribution in [-0.4, -0.2) is 55.5 Å². The molecule has 5 aromatic rings. The first-order valence-electron chi connectivity index (χ1n) is 10.8. The van der Waals surface area contributed by atoms with Gasteiger partial charge in [-0.25, -0.2) is 14.5 Å². The number of rotatable bonds is 8. The average Bonchev–Trinajstić information content (AvgIpc) is 3.46. The Labute approximate surface area is 192 Å². The summed E-state index contributed by atoms with van der Waals surface area (Å²) in [6, 6.07) is 19.8.